The van der Waals surface area contributed by atoms with Crippen LogP contribution in [0.25, 0.3) is 20.5 Å². The van der Waals surface area contributed by atoms with Gasteiger partial charge in [-0.2, -0.15) is 0 Å². The Balaban J connectivity index is 1.96. The maximum absolute atomic E-state index is 13.2. The van der Waals surface area contributed by atoms with Gasteiger partial charge in [-0.15, -0.1) is 11.3 Å². The number of aryl methyl sites for hydroxylation is 1. The van der Waals surface area contributed by atoms with Crippen molar-refractivity contribution in [3.05, 3.63) is 95.6 Å². The first-order valence-electron chi connectivity index (χ1n) is 7.92. The topological polar surface area (TPSA) is 17.1 Å². The standard InChI is InChI=1S/C22H16OS/c1-15-11-13-16(14-12-15)21(23)20-18-9-5-6-10-19(18)24-22(20)17-7-3-2-4-8-17/h2-14H,1H3. The van der Waals surface area contributed by atoms with E-state index in [0.717, 1.165) is 37.2 Å². The molecule has 2 heteroatoms. The van der Waals surface area contributed by atoms with Gasteiger partial charge in [-0.1, -0.05) is 78.4 Å². The molecule has 24 heavy (non-hydrogen) atoms. The van der Waals surface area contributed by atoms with Crippen LogP contribution in [0.3, 0.4) is 0 Å². The zero-order valence-corrected chi connectivity index (χ0v) is 14.1. The van der Waals surface area contributed by atoms with E-state index in [9.17, 15) is 4.79 Å². The minimum absolute atomic E-state index is 0.0892. The highest BCUT2D eigenvalue weighted by molar-refractivity contribution is 7.22. The summed E-state index contributed by atoms with van der Waals surface area (Å²) in [7, 11) is 0. The third-order valence-corrected chi connectivity index (χ3v) is 5.39. The van der Waals surface area contributed by atoms with Crippen LogP contribution in [0, 0.1) is 6.92 Å². The molecular weight excluding hydrogens is 312 g/mol. The van der Waals surface area contributed by atoms with E-state index in [1.165, 1.54) is 0 Å². The average Bonchev–Trinajstić information content (AvgIpc) is 3.02. The minimum Gasteiger partial charge on any atom is -0.289 e. The number of fused-ring (bicyclic) bond motifs is 1. The third kappa shape index (κ3) is 2.55. The molecule has 4 aromatic rings. The lowest BCUT2D eigenvalue weighted by atomic mass is 9.97. The number of hydrogen-bond acceptors (Lipinski definition) is 2. The molecule has 0 fully saturated rings. The molecule has 0 unspecified atom stereocenters. The Morgan fingerprint density at radius 3 is 2.21 bits per heavy atom. The van der Waals surface area contributed by atoms with E-state index in [2.05, 4.69) is 18.2 Å². The van der Waals surface area contributed by atoms with E-state index in [1.54, 1.807) is 11.3 Å². The minimum atomic E-state index is 0.0892. The lowest BCUT2D eigenvalue weighted by Gasteiger charge is -2.05. The molecule has 0 atom stereocenters. The maximum Gasteiger partial charge on any atom is 0.195 e. The van der Waals surface area contributed by atoms with Crippen molar-refractivity contribution in [1.82, 2.24) is 0 Å². The van der Waals surface area contributed by atoms with Gasteiger partial charge in [-0.3, -0.25) is 4.79 Å². The molecule has 0 saturated carbocycles. The van der Waals surface area contributed by atoms with E-state index in [4.69, 9.17) is 0 Å². The van der Waals surface area contributed by atoms with Gasteiger partial charge in [0, 0.05) is 26.1 Å². The van der Waals surface area contributed by atoms with E-state index >= 15 is 0 Å². The van der Waals surface area contributed by atoms with Crippen molar-refractivity contribution in [3.63, 3.8) is 0 Å². The van der Waals surface area contributed by atoms with Gasteiger partial charge in [0.15, 0.2) is 5.78 Å². The quantitative estimate of drug-likeness (QED) is 0.415. The summed E-state index contributed by atoms with van der Waals surface area (Å²) in [5.41, 5.74) is 3.80. The van der Waals surface area contributed by atoms with Crippen LogP contribution in [0.5, 0.6) is 0 Å². The zero-order chi connectivity index (χ0) is 16.5. The smallest absolute Gasteiger partial charge is 0.195 e. The summed E-state index contributed by atoms with van der Waals surface area (Å²) in [6.07, 6.45) is 0. The van der Waals surface area contributed by atoms with Gasteiger partial charge >= 0.3 is 0 Å². The van der Waals surface area contributed by atoms with Gasteiger partial charge in [0.1, 0.15) is 0 Å². The second-order valence-corrected chi connectivity index (χ2v) is 6.92. The van der Waals surface area contributed by atoms with Crippen molar-refractivity contribution < 1.29 is 4.79 Å². The first kappa shape index (κ1) is 14.9. The average molecular weight is 328 g/mol. The fourth-order valence-corrected chi connectivity index (χ4v) is 4.12. The van der Waals surface area contributed by atoms with Gasteiger partial charge in [-0.05, 0) is 18.6 Å². The number of carbonyl (C=O) groups excluding carboxylic acids is 1. The van der Waals surface area contributed by atoms with Gasteiger partial charge in [-0.25, -0.2) is 0 Å². The van der Waals surface area contributed by atoms with Crippen molar-refractivity contribution in [2.45, 2.75) is 6.92 Å². The highest BCUT2D eigenvalue weighted by Crippen LogP contribution is 2.39. The number of benzene rings is 3. The van der Waals surface area contributed by atoms with Crippen molar-refractivity contribution in [2.75, 3.05) is 0 Å². The maximum atomic E-state index is 13.2. The third-order valence-electron chi connectivity index (χ3n) is 4.17. The lowest BCUT2D eigenvalue weighted by Crippen LogP contribution is -2.02. The second kappa shape index (κ2) is 6.06. The van der Waals surface area contributed by atoms with Crippen LogP contribution >= 0.6 is 11.3 Å². The second-order valence-electron chi connectivity index (χ2n) is 5.86. The van der Waals surface area contributed by atoms with Crippen LogP contribution < -0.4 is 0 Å². The Morgan fingerprint density at radius 1 is 0.792 bits per heavy atom. The molecule has 1 heterocycles. The molecule has 0 aliphatic carbocycles. The number of thiophene rings is 1. The van der Waals surface area contributed by atoms with E-state index < -0.39 is 0 Å². The summed E-state index contributed by atoms with van der Waals surface area (Å²) in [5.74, 6) is 0.0892. The summed E-state index contributed by atoms with van der Waals surface area (Å²) >= 11 is 1.68. The monoisotopic (exact) mass is 328 g/mol. The van der Waals surface area contributed by atoms with Crippen molar-refractivity contribution in [1.29, 1.82) is 0 Å². The molecule has 1 nitrogen and oxygen atoms in total. The van der Waals surface area contributed by atoms with Crippen molar-refractivity contribution in [3.8, 4) is 10.4 Å². The Labute approximate surface area is 145 Å². The van der Waals surface area contributed by atoms with Crippen LogP contribution in [0.15, 0.2) is 78.9 Å². The summed E-state index contributed by atoms with van der Waals surface area (Å²) in [6, 6.07) is 26.1. The predicted octanol–water partition coefficient (Wildman–Crippen LogP) is 6.11. The predicted molar refractivity (Wildman–Crippen MR) is 102 cm³/mol. The molecule has 0 amide bonds. The molecule has 0 aliphatic heterocycles. The molecular formula is C22H16OS. The van der Waals surface area contributed by atoms with Crippen LogP contribution in [0.2, 0.25) is 0 Å². The number of hydrogen-bond donors (Lipinski definition) is 0. The molecule has 4 rings (SSSR count). The highest BCUT2D eigenvalue weighted by atomic mass is 32.1. The van der Waals surface area contributed by atoms with Crippen LogP contribution in [0.4, 0.5) is 0 Å². The van der Waals surface area contributed by atoms with Crippen molar-refractivity contribution >= 4 is 27.2 Å². The molecule has 0 radical (unpaired) electrons. The number of carbonyl (C=O) groups is 1. The molecule has 3 aromatic carbocycles. The summed E-state index contributed by atoms with van der Waals surface area (Å²) in [4.78, 5) is 14.3. The Hall–Kier alpha value is -2.71. The van der Waals surface area contributed by atoms with E-state index in [0.29, 0.717) is 0 Å². The molecule has 116 valence electrons. The Morgan fingerprint density at radius 2 is 1.46 bits per heavy atom. The SMILES string of the molecule is Cc1ccc(C(=O)c2c(-c3ccccc3)sc3ccccc23)cc1. The summed E-state index contributed by atoms with van der Waals surface area (Å²) < 4.78 is 1.15. The molecule has 0 aliphatic rings. The molecule has 0 N–H and O–H groups in total. The molecule has 0 saturated heterocycles. The van der Waals surface area contributed by atoms with Gasteiger partial charge in [0.05, 0.1) is 0 Å². The Bertz CT molecular complexity index is 1010. The van der Waals surface area contributed by atoms with Crippen LogP contribution in [-0.4, -0.2) is 5.78 Å². The molecule has 0 spiro atoms. The first-order chi connectivity index (χ1) is 11.7. The lowest BCUT2D eigenvalue weighted by molar-refractivity contribution is 0.104. The Kier molecular flexibility index (Phi) is 3.75. The fourth-order valence-electron chi connectivity index (χ4n) is 2.91. The van der Waals surface area contributed by atoms with Crippen molar-refractivity contribution in [2.24, 2.45) is 0 Å². The van der Waals surface area contributed by atoms with Gasteiger partial charge in [0.25, 0.3) is 0 Å². The highest BCUT2D eigenvalue weighted by Gasteiger charge is 2.20. The zero-order valence-electron chi connectivity index (χ0n) is 13.3. The molecule has 1 aromatic heterocycles. The largest absolute Gasteiger partial charge is 0.289 e. The summed E-state index contributed by atoms with van der Waals surface area (Å²) in [6.45, 7) is 2.03. The number of ketones is 1. The summed E-state index contributed by atoms with van der Waals surface area (Å²) in [5, 5.41) is 1.03. The van der Waals surface area contributed by atoms with E-state index in [-0.39, 0.29) is 5.78 Å². The first-order valence-corrected chi connectivity index (χ1v) is 8.74. The normalized spacial score (nSPS) is 10.9. The number of rotatable bonds is 3. The molecule has 0 bridgehead atoms. The van der Waals surface area contributed by atoms with Gasteiger partial charge in [0.2, 0.25) is 0 Å². The van der Waals surface area contributed by atoms with Crippen LogP contribution in [-0.2, 0) is 0 Å². The van der Waals surface area contributed by atoms with Crippen LogP contribution in [0.1, 0.15) is 21.5 Å². The van der Waals surface area contributed by atoms with Gasteiger partial charge < -0.3 is 0 Å². The fraction of sp³-hybridized carbons (Fsp3) is 0.0455. The van der Waals surface area contributed by atoms with E-state index in [1.807, 2.05) is 67.6 Å².